The van der Waals surface area contributed by atoms with E-state index in [4.69, 9.17) is 21.2 Å². The number of amides is 3. The van der Waals surface area contributed by atoms with Crippen LogP contribution in [0, 0.1) is 5.92 Å². The molecule has 38 heavy (non-hydrogen) atoms. The second-order valence-corrected chi connectivity index (χ2v) is 12.8. The van der Waals surface area contributed by atoms with Crippen LogP contribution in [0.25, 0.3) is 0 Å². The molecule has 3 amide bonds. The molecule has 10 nitrogen and oxygen atoms in total. The lowest BCUT2D eigenvalue weighted by Crippen LogP contribution is -2.51. The first-order valence-electron chi connectivity index (χ1n) is 12.0. The number of nitrogens with zero attached hydrogens (tertiary/aromatic N) is 1. The summed E-state index contributed by atoms with van der Waals surface area (Å²) in [6.45, 7) is 9.03. The number of halogens is 1. The highest BCUT2D eigenvalue weighted by atomic mass is 35.5. The molecule has 0 saturated carbocycles. The Kier molecular flexibility index (Phi) is 9.06. The molecule has 0 spiro atoms. The predicted octanol–water partition coefficient (Wildman–Crippen LogP) is 3.87. The fourth-order valence-corrected chi connectivity index (χ4v) is 5.37. The molecule has 2 aromatic carbocycles. The van der Waals surface area contributed by atoms with Crippen LogP contribution in [0.1, 0.15) is 50.5 Å². The number of rotatable bonds is 7. The van der Waals surface area contributed by atoms with Gasteiger partial charge in [0, 0.05) is 10.6 Å². The number of hydrogen-bond donors (Lipinski definition) is 2. The first-order valence-corrected chi connectivity index (χ1v) is 14.0. The minimum absolute atomic E-state index is 0.00921. The second-order valence-electron chi connectivity index (χ2n) is 10.3. The van der Waals surface area contributed by atoms with Gasteiger partial charge in [-0.3, -0.25) is 14.4 Å². The third kappa shape index (κ3) is 7.68. The van der Waals surface area contributed by atoms with E-state index >= 15 is 0 Å². The van der Waals surface area contributed by atoms with Crippen LogP contribution in [0.5, 0.6) is 0 Å². The molecular weight excluding hydrogens is 534 g/mol. The number of carbonyl (C=O) groups is 3. The minimum Gasteiger partial charge on any atom is -0.444 e. The van der Waals surface area contributed by atoms with Crippen molar-refractivity contribution >= 4 is 45.0 Å². The van der Waals surface area contributed by atoms with Gasteiger partial charge in [0.2, 0.25) is 0 Å². The summed E-state index contributed by atoms with van der Waals surface area (Å²) in [5.74, 6) is -1.79. The second kappa shape index (κ2) is 11.7. The number of sulfone groups is 1. The summed E-state index contributed by atoms with van der Waals surface area (Å²) in [6.07, 6.45) is -0.925. The fourth-order valence-electron chi connectivity index (χ4n) is 3.64. The van der Waals surface area contributed by atoms with Crippen LogP contribution < -0.4 is 15.7 Å². The van der Waals surface area contributed by atoms with Gasteiger partial charge in [0.05, 0.1) is 29.5 Å². The van der Waals surface area contributed by atoms with Crippen LogP contribution >= 0.6 is 11.6 Å². The topological polar surface area (TPSA) is 131 Å². The van der Waals surface area contributed by atoms with Gasteiger partial charge < -0.3 is 15.0 Å². The monoisotopic (exact) mass is 565 g/mol. The lowest BCUT2D eigenvalue weighted by Gasteiger charge is -2.27. The van der Waals surface area contributed by atoms with Gasteiger partial charge in [-0.1, -0.05) is 37.6 Å². The minimum atomic E-state index is -4.07. The lowest BCUT2D eigenvalue weighted by molar-refractivity contribution is -0.120. The van der Waals surface area contributed by atoms with E-state index in [2.05, 4.69) is 10.8 Å². The molecule has 1 aliphatic rings. The largest absolute Gasteiger partial charge is 0.444 e. The summed E-state index contributed by atoms with van der Waals surface area (Å²) in [4.78, 5) is 45.2. The van der Waals surface area contributed by atoms with Crippen molar-refractivity contribution in [1.82, 2.24) is 10.8 Å². The molecule has 1 atom stereocenters. The van der Waals surface area contributed by atoms with E-state index in [0.29, 0.717) is 10.6 Å². The molecule has 12 heteroatoms. The van der Waals surface area contributed by atoms with Crippen LogP contribution in [0.4, 0.5) is 10.5 Å². The Bertz CT molecular complexity index is 1310. The molecule has 0 aliphatic carbocycles. The molecule has 0 fully saturated rings. The van der Waals surface area contributed by atoms with Crippen LogP contribution in [-0.4, -0.2) is 50.3 Å². The first kappa shape index (κ1) is 29.4. The van der Waals surface area contributed by atoms with Crippen molar-refractivity contribution in [2.24, 2.45) is 5.92 Å². The SMILES string of the molecule is CC(C)CONC(=O)c1ccc2c(c1)N(Cc1ccc(Cl)cc1)C(=O)[C@@H](NC(=O)OC(C)(C)C)CS2(=O)=O. The molecular formula is C26H32ClN3O7S. The van der Waals surface area contributed by atoms with Gasteiger partial charge in [0.15, 0.2) is 9.84 Å². The number of anilines is 1. The summed E-state index contributed by atoms with van der Waals surface area (Å²) in [7, 11) is -4.07. The van der Waals surface area contributed by atoms with E-state index in [1.54, 1.807) is 45.0 Å². The van der Waals surface area contributed by atoms with Gasteiger partial charge in [0.25, 0.3) is 11.8 Å². The van der Waals surface area contributed by atoms with Crippen LogP contribution in [0.2, 0.25) is 5.02 Å². The summed E-state index contributed by atoms with van der Waals surface area (Å²) in [6, 6.07) is 9.19. The maximum atomic E-state index is 13.7. The standard InChI is InChI=1S/C26H32ClN3O7S/c1-16(2)14-36-29-23(31)18-8-11-22-21(12-18)30(13-17-6-9-19(27)10-7-17)24(32)20(15-38(22,34)35)28-25(33)37-26(3,4)5/h6-12,16,20H,13-15H2,1-5H3,(H,28,33)(H,29,31)/t20-/m0/s1. The molecule has 2 aromatic rings. The van der Waals surface area contributed by atoms with Crippen molar-refractivity contribution < 1.29 is 32.4 Å². The van der Waals surface area contributed by atoms with Crippen molar-refractivity contribution in [3.05, 3.63) is 58.6 Å². The van der Waals surface area contributed by atoms with Gasteiger partial charge >= 0.3 is 6.09 Å². The van der Waals surface area contributed by atoms with Gasteiger partial charge in [-0.2, -0.15) is 0 Å². The lowest BCUT2D eigenvalue weighted by atomic mass is 10.1. The molecule has 0 bridgehead atoms. The number of hydrogen-bond acceptors (Lipinski definition) is 7. The van der Waals surface area contributed by atoms with Gasteiger partial charge in [-0.15, -0.1) is 0 Å². The highest BCUT2D eigenvalue weighted by Crippen LogP contribution is 2.33. The summed E-state index contributed by atoms with van der Waals surface area (Å²) in [5.41, 5.74) is 2.23. The molecule has 206 valence electrons. The Balaban J connectivity index is 2.04. The molecule has 1 aliphatic heterocycles. The van der Waals surface area contributed by atoms with E-state index in [1.165, 1.54) is 23.1 Å². The Morgan fingerprint density at radius 3 is 2.39 bits per heavy atom. The number of nitrogens with one attached hydrogen (secondary N) is 2. The van der Waals surface area contributed by atoms with E-state index in [0.717, 1.165) is 0 Å². The number of hydroxylamine groups is 1. The number of benzene rings is 2. The highest BCUT2D eigenvalue weighted by molar-refractivity contribution is 7.91. The smallest absolute Gasteiger partial charge is 0.408 e. The van der Waals surface area contributed by atoms with Crippen LogP contribution in [-0.2, 0) is 30.8 Å². The van der Waals surface area contributed by atoms with Crippen molar-refractivity contribution in [2.75, 3.05) is 17.3 Å². The quantitative estimate of drug-likeness (QED) is 0.487. The van der Waals surface area contributed by atoms with Crippen LogP contribution in [0.3, 0.4) is 0 Å². The maximum Gasteiger partial charge on any atom is 0.408 e. The van der Waals surface area contributed by atoms with Crippen molar-refractivity contribution in [1.29, 1.82) is 0 Å². The normalized spacial score (nSPS) is 17.0. The Hall–Kier alpha value is -3.15. The van der Waals surface area contributed by atoms with E-state index in [1.807, 2.05) is 13.8 Å². The van der Waals surface area contributed by atoms with E-state index in [9.17, 15) is 22.8 Å². The summed E-state index contributed by atoms with van der Waals surface area (Å²) >= 11 is 6.00. The zero-order valence-corrected chi connectivity index (χ0v) is 23.5. The Morgan fingerprint density at radius 2 is 1.79 bits per heavy atom. The third-order valence-corrected chi connectivity index (χ3v) is 7.36. The maximum absolute atomic E-state index is 13.7. The zero-order chi connectivity index (χ0) is 28.3. The summed E-state index contributed by atoms with van der Waals surface area (Å²) in [5, 5.41) is 2.89. The summed E-state index contributed by atoms with van der Waals surface area (Å²) < 4.78 is 32.0. The predicted molar refractivity (Wildman–Crippen MR) is 143 cm³/mol. The molecule has 0 unspecified atom stereocenters. The number of fused-ring (bicyclic) bond motifs is 1. The van der Waals surface area contributed by atoms with Gasteiger partial charge in [-0.25, -0.2) is 18.7 Å². The molecule has 2 N–H and O–H groups in total. The zero-order valence-electron chi connectivity index (χ0n) is 21.9. The Morgan fingerprint density at radius 1 is 1.13 bits per heavy atom. The molecule has 0 radical (unpaired) electrons. The van der Waals surface area contributed by atoms with Crippen molar-refractivity contribution in [2.45, 2.75) is 57.7 Å². The molecule has 0 aromatic heterocycles. The van der Waals surface area contributed by atoms with Gasteiger partial charge in [0.1, 0.15) is 11.6 Å². The third-order valence-electron chi connectivity index (χ3n) is 5.32. The number of ether oxygens (including phenoxy) is 1. The number of carbonyl (C=O) groups excluding carboxylic acids is 3. The van der Waals surface area contributed by atoms with E-state index < -0.39 is 45.1 Å². The van der Waals surface area contributed by atoms with Crippen LogP contribution in [0.15, 0.2) is 47.4 Å². The average Bonchev–Trinajstić information content (AvgIpc) is 2.87. The molecule has 0 saturated heterocycles. The first-order chi connectivity index (χ1) is 17.7. The fraction of sp³-hybridized carbons (Fsp3) is 0.423. The van der Waals surface area contributed by atoms with E-state index in [-0.39, 0.29) is 35.2 Å². The van der Waals surface area contributed by atoms with Crippen molar-refractivity contribution in [3.63, 3.8) is 0 Å². The highest BCUT2D eigenvalue weighted by Gasteiger charge is 2.39. The average molecular weight is 566 g/mol. The van der Waals surface area contributed by atoms with Crippen molar-refractivity contribution in [3.8, 4) is 0 Å². The molecule has 1 heterocycles. The number of alkyl carbamates (subject to hydrolysis) is 1. The van der Waals surface area contributed by atoms with Gasteiger partial charge in [-0.05, 0) is 62.6 Å². The Labute approximate surface area is 227 Å². The molecule has 3 rings (SSSR count).